The Labute approximate surface area is 175 Å². The number of carbonyl (C=O) groups is 2. The quantitative estimate of drug-likeness (QED) is 0.224. The summed E-state index contributed by atoms with van der Waals surface area (Å²) in [6, 6.07) is 20.6. The summed E-state index contributed by atoms with van der Waals surface area (Å²) in [6.45, 7) is 2.54. The largest absolute Gasteiger partial charge is 0.497 e. The van der Waals surface area contributed by atoms with Crippen LogP contribution in [0.2, 0.25) is 0 Å². The van der Waals surface area contributed by atoms with Crippen LogP contribution >= 0.6 is 0 Å². The first-order valence-electron chi connectivity index (χ1n) is 9.50. The molecule has 0 radical (unpaired) electrons. The molecule has 0 N–H and O–H groups in total. The van der Waals surface area contributed by atoms with E-state index >= 15 is 0 Å². The Kier molecular flexibility index (Phi) is 7.00. The second kappa shape index (κ2) is 10.1. The lowest BCUT2D eigenvalue weighted by molar-refractivity contribution is 0.0734. The van der Waals surface area contributed by atoms with Gasteiger partial charge in [-0.15, -0.1) is 0 Å². The smallest absolute Gasteiger partial charge is 0.343 e. The van der Waals surface area contributed by atoms with Gasteiger partial charge in [-0.3, -0.25) is 4.79 Å². The minimum Gasteiger partial charge on any atom is -0.497 e. The van der Waals surface area contributed by atoms with Crippen molar-refractivity contribution in [2.45, 2.75) is 6.92 Å². The van der Waals surface area contributed by atoms with Crippen molar-refractivity contribution >= 4 is 17.8 Å². The molecule has 30 heavy (non-hydrogen) atoms. The van der Waals surface area contributed by atoms with Gasteiger partial charge in [0.15, 0.2) is 5.78 Å². The lowest BCUT2D eigenvalue weighted by atomic mass is 10.1. The summed E-state index contributed by atoms with van der Waals surface area (Å²) in [6.07, 6.45) is 3.25. The van der Waals surface area contributed by atoms with Crippen LogP contribution in [-0.2, 0) is 0 Å². The number of methoxy groups -OCH3 is 1. The average molecular weight is 402 g/mol. The highest BCUT2D eigenvalue weighted by molar-refractivity contribution is 6.06. The van der Waals surface area contributed by atoms with E-state index in [4.69, 9.17) is 14.2 Å². The van der Waals surface area contributed by atoms with Crippen molar-refractivity contribution in [3.8, 4) is 17.2 Å². The van der Waals surface area contributed by atoms with Gasteiger partial charge >= 0.3 is 5.97 Å². The highest BCUT2D eigenvalue weighted by Crippen LogP contribution is 2.18. The van der Waals surface area contributed by atoms with E-state index in [1.165, 1.54) is 6.08 Å². The van der Waals surface area contributed by atoms with Gasteiger partial charge in [0.1, 0.15) is 17.2 Å². The molecule has 0 aliphatic heterocycles. The zero-order chi connectivity index (χ0) is 21.3. The van der Waals surface area contributed by atoms with Gasteiger partial charge in [0.2, 0.25) is 0 Å². The molecular weight excluding hydrogens is 380 g/mol. The van der Waals surface area contributed by atoms with Crippen molar-refractivity contribution in [1.82, 2.24) is 0 Å². The van der Waals surface area contributed by atoms with Crippen LogP contribution in [0.3, 0.4) is 0 Å². The van der Waals surface area contributed by atoms with E-state index in [9.17, 15) is 9.59 Å². The zero-order valence-corrected chi connectivity index (χ0v) is 16.8. The Morgan fingerprint density at radius 2 is 1.33 bits per heavy atom. The normalized spacial score (nSPS) is 10.6. The van der Waals surface area contributed by atoms with Crippen molar-refractivity contribution < 1.29 is 23.8 Å². The summed E-state index contributed by atoms with van der Waals surface area (Å²) in [4.78, 5) is 24.6. The number of esters is 1. The van der Waals surface area contributed by atoms with Crippen molar-refractivity contribution in [3.05, 3.63) is 95.6 Å². The van der Waals surface area contributed by atoms with Crippen LogP contribution in [0.4, 0.5) is 0 Å². The minimum absolute atomic E-state index is 0.142. The molecule has 3 rings (SSSR count). The van der Waals surface area contributed by atoms with Crippen LogP contribution in [-0.4, -0.2) is 25.5 Å². The van der Waals surface area contributed by atoms with Crippen molar-refractivity contribution in [1.29, 1.82) is 0 Å². The predicted molar refractivity (Wildman–Crippen MR) is 115 cm³/mol. The van der Waals surface area contributed by atoms with E-state index in [0.717, 1.165) is 11.3 Å². The van der Waals surface area contributed by atoms with Crippen LogP contribution in [0.25, 0.3) is 6.08 Å². The molecule has 152 valence electrons. The summed E-state index contributed by atoms with van der Waals surface area (Å²) in [5.41, 5.74) is 1.81. The van der Waals surface area contributed by atoms with E-state index in [1.807, 2.05) is 31.2 Å². The molecule has 0 fully saturated rings. The van der Waals surface area contributed by atoms with E-state index in [1.54, 1.807) is 61.7 Å². The molecule has 0 aliphatic carbocycles. The van der Waals surface area contributed by atoms with E-state index < -0.39 is 5.97 Å². The van der Waals surface area contributed by atoms with Gasteiger partial charge in [-0.25, -0.2) is 4.79 Å². The molecule has 0 aromatic heterocycles. The summed E-state index contributed by atoms with van der Waals surface area (Å²) in [7, 11) is 1.56. The SMILES string of the molecule is CCOc1ccc(/C=C/C(=O)c2ccc(OC(=O)c3ccc(OC)cc3)cc2)cc1. The lowest BCUT2D eigenvalue weighted by Crippen LogP contribution is -2.08. The molecule has 0 atom stereocenters. The first-order chi connectivity index (χ1) is 14.6. The number of ketones is 1. The number of ether oxygens (including phenoxy) is 3. The van der Waals surface area contributed by atoms with Gasteiger partial charge in [-0.1, -0.05) is 18.2 Å². The van der Waals surface area contributed by atoms with Gasteiger partial charge in [0.25, 0.3) is 0 Å². The molecular formula is C25H22O5. The standard InChI is InChI=1S/C25H22O5/c1-3-29-22-11-4-18(5-12-22)6-17-24(26)19-7-15-23(16-8-19)30-25(27)20-9-13-21(28-2)14-10-20/h4-17H,3H2,1-2H3/b17-6+. The molecule has 0 bridgehead atoms. The first-order valence-corrected chi connectivity index (χ1v) is 9.50. The molecule has 5 nitrogen and oxygen atoms in total. The van der Waals surface area contributed by atoms with Gasteiger partial charge in [0, 0.05) is 5.56 Å². The highest BCUT2D eigenvalue weighted by Gasteiger charge is 2.09. The van der Waals surface area contributed by atoms with E-state index in [2.05, 4.69) is 0 Å². The van der Waals surface area contributed by atoms with Gasteiger partial charge in [-0.05, 0) is 79.2 Å². The van der Waals surface area contributed by atoms with Crippen molar-refractivity contribution in [2.24, 2.45) is 0 Å². The van der Waals surface area contributed by atoms with Crippen molar-refractivity contribution in [2.75, 3.05) is 13.7 Å². The monoisotopic (exact) mass is 402 g/mol. The van der Waals surface area contributed by atoms with Crippen LogP contribution in [0.15, 0.2) is 78.9 Å². The molecule has 0 saturated carbocycles. The number of carbonyl (C=O) groups excluding carboxylic acids is 2. The zero-order valence-electron chi connectivity index (χ0n) is 16.8. The van der Waals surface area contributed by atoms with Gasteiger partial charge < -0.3 is 14.2 Å². The molecule has 0 saturated heterocycles. The van der Waals surface area contributed by atoms with Gasteiger partial charge in [0.05, 0.1) is 19.3 Å². The van der Waals surface area contributed by atoms with Crippen LogP contribution < -0.4 is 14.2 Å². The number of allylic oxidation sites excluding steroid dienone is 1. The molecule has 0 amide bonds. The molecule has 3 aromatic rings. The Bertz CT molecular complexity index is 1020. The first kappa shape index (κ1) is 20.9. The maximum Gasteiger partial charge on any atom is 0.343 e. The topological polar surface area (TPSA) is 61.8 Å². The molecule has 0 heterocycles. The number of rotatable bonds is 8. The molecule has 0 aliphatic rings. The third-order valence-electron chi connectivity index (χ3n) is 4.29. The van der Waals surface area contributed by atoms with Crippen LogP contribution in [0.5, 0.6) is 17.2 Å². The number of hydrogen-bond donors (Lipinski definition) is 0. The Hall–Kier alpha value is -3.86. The maximum atomic E-state index is 12.4. The van der Waals surface area contributed by atoms with Crippen molar-refractivity contribution in [3.63, 3.8) is 0 Å². The van der Waals surface area contributed by atoms with E-state index in [-0.39, 0.29) is 5.78 Å². The maximum absolute atomic E-state index is 12.4. The third kappa shape index (κ3) is 5.58. The average Bonchev–Trinajstić information content (AvgIpc) is 2.79. The molecule has 3 aromatic carbocycles. The number of hydrogen-bond acceptors (Lipinski definition) is 5. The fourth-order valence-electron chi connectivity index (χ4n) is 2.69. The summed E-state index contributed by atoms with van der Waals surface area (Å²) in [5, 5.41) is 0. The fraction of sp³-hybridized carbons (Fsp3) is 0.120. The second-order valence-electron chi connectivity index (χ2n) is 6.34. The highest BCUT2D eigenvalue weighted by atomic mass is 16.5. The molecule has 0 unspecified atom stereocenters. The van der Waals surface area contributed by atoms with E-state index in [0.29, 0.717) is 29.2 Å². The summed E-state index contributed by atoms with van der Waals surface area (Å²) >= 11 is 0. The summed E-state index contributed by atoms with van der Waals surface area (Å²) in [5.74, 6) is 1.19. The Morgan fingerprint density at radius 1 is 0.767 bits per heavy atom. The predicted octanol–water partition coefficient (Wildman–Crippen LogP) is 5.21. The molecule has 0 spiro atoms. The fourth-order valence-corrected chi connectivity index (χ4v) is 2.69. The lowest BCUT2D eigenvalue weighted by Gasteiger charge is -2.06. The number of benzene rings is 3. The van der Waals surface area contributed by atoms with Crippen LogP contribution in [0, 0.1) is 0 Å². The van der Waals surface area contributed by atoms with Gasteiger partial charge in [-0.2, -0.15) is 0 Å². The minimum atomic E-state index is -0.480. The molecule has 5 heteroatoms. The Balaban J connectivity index is 1.59. The summed E-state index contributed by atoms with van der Waals surface area (Å²) < 4.78 is 15.8. The second-order valence-corrected chi connectivity index (χ2v) is 6.34. The third-order valence-corrected chi connectivity index (χ3v) is 4.29. The Morgan fingerprint density at radius 3 is 1.93 bits per heavy atom. The van der Waals surface area contributed by atoms with Crippen LogP contribution in [0.1, 0.15) is 33.2 Å².